The molecule has 0 radical (unpaired) electrons. The molecule has 2 rings (SSSR count). The van der Waals surface area contributed by atoms with Crippen molar-refractivity contribution in [3.8, 4) is 0 Å². The van der Waals surface area contributed by atoms with Crippen molar-refractivity contribution in [2.24, 2.45) is 0 Å². The first-order chi connectivity index (χ1) is 11.8. The summed E-state index contributed by atoms with van der Waals surface area (Å²) < 4.78 is 27.2. The Morgan fingerprint density at radius 2 is 1.76 bits per heavy atom. The highest BCUT2D eigenvalue weighted by atomic mass is 32.2. The Balaban J connectivity index is 1.90. The number of hydrogen-bond acceptors (Lipinski definition) is 4. The first-order valence-electron chi connectivity index (χ1n) is 7.82. The van der Waals surface area contributed by atoms with Crippen molar-refractivity contribution in [2.45, 2.75) is 30.1 Å². The second kappa shape index (κ2) is 8.51. The predicted molar refractivity (Wildman–Crippen MR) is 103 cm³/mol. The van der Waals surface area contributed by atoms with Gasteiger partial charge in [-0.05, 0) is 61.6 Å². The summed E-state index contributed by atoms with van der Waals surface area (Å²) in [6, 6.07) is 12.8. The normalized spacial score (nSPS) is 11.3. The molecular weight excluding hydrogens is 356 g/mol. The summed E-state index contributed by atoms with van der Waals surface area (Å²) in [7, 11) is -3.62. The van der Waals surface area contributed by atoms with E-state index >= 15 is 0 Å². The Labute approximate surface area is 153 Å². The highest BCUT2D eigenvalue weighted by molar-refractivity contribution is 7.98. The van der Waals surface area contributed by atoms with Crippen molar-refractivity contribution < 1.29 is 13.2 Å². The summed E-state index contributed by atoms with van der Waals surface area (Å²) in [6.07, 6.45) is 2.05. The minimum absolute atomic E-state index is 0.0461. The topological polar surface area (TPSA) is 75.3 Å². The molecular formula is C18H22N2O3S2. The molecule has 0 aliphatic rings. The molecule has 1 amide bonds. The summed E-state index contributed by atoms with van der Waals surface area (Å²) in [5.41, 5.74) is 2.24. The molecule has 2 aromatic rings. The van der Waals surface area contributed by atoms with Gasteiger partial charge in [0, 0.05) is 23.5 Å². The number of hydrogen-bond donors (Lipinski definition) is 2. The maximum atomic E-state index is 12.4. The summed E-state index contributed by atoms with van der Waals surface area (Å²) in [5, 5.41) is 2.76. The van der Waals surface area contributed by atoms with E-state index in [9.17, 15) is 13.2 Å². The van der Waals surface area contributed by atoms with Crippen LogP contribution in [0.2, 0.25) is 0 Å². The van der Waals surface area contributed by atoms with Gasteiger partial charge in [0.05, 0.1) is 4.90 Å². The Kier molecular flexibility index (Phi) is 6.64. The molecule has 0 aliphatic carbocycles. The van der Waals surface area contributed by atoms with Crippen molar-refractivity contribution in [3.63, 3.8) is 0 Å². The number of anilines is 1. The van der Waals surface area contributed by atoms with Crippen LogP contribution in [0.4, 0.5) is 5.69 Å². The number of thioether (sulfide) groups is 1. The maximum absolute atomic E-state index is 12.4. The number of nitrogens with one attached hydrogen (secondary N) is 2. The SMILES string of the molecule is CSc1ccc(NC(=O)CCNS(=O)(=O)c2cc(C)ccc2C)cc1. The van der Waals surface area contributed by atoms with E-state index < -0.39 is 10.0 Å². The van der Waals surface area contributed by atoms with E-state index in [4.69, 9.17) is 0 Å². The van der Waals surface area contributed by atoms with E-state index in [0.717, 1.165) is 10.5 Å². The third-order valence-corrected chi connectivity index (χ3v) is 6.00. The zero-order valence-corrected chi connectivity index (χ0v) is 16.1. The van der Waals surface area contributed by atoms with E-state index in [1.54, 1.807) is 30.8 Å². The molecule has 25 heavy (non-hydrogen) atoms. The maximum Gasteiger partial charge on any atom is 0.240 e. The Morgan fingerprint density at radius 1 is 1.08 bits per heavy atom. The highest BCUT2D eigenvalue weighted by Crippen LogP contribution is 2.18. The summed E-state index contributed by atoms with van der Waals surface area (Å²) >= 11 is 1.62. The molecule has 0 aromatic heterocycles. The molecule has 0 atom stereocenters. The monoisotopic (exact) mass is 378 g/mol. The van der Waals surface area contributed by atoms with E-state index in [0.29, 0.717) is 11.3 Å². The number of amides is 1. The van der Waals surface area contributed by atoms with Crippen LogP contribution in [-0.2, 0) is 14.8 Å². The van der Waals surface area contributed by atoms with Gasteiger partial charge >= 0.3 is 0 Å². The van der Waals surface area contributed by atoms with Crippen LogP contribution in [0.15, 0.2) is 52.3 Å². The molecule has 0 heterocycles. The molecule has 2 N–H and O–H groups in total. The first-order valence-corrected chi connectivity index (χ1v) is 10.5. The fourth-order valence-corrected chi connectivity index (χ4v) is 4.04. The van der Waals surface area contributed by atoms with Gasteiger partial charge in [-0.15, -0.1) is 11.8 Å². The van der Waals surface area contributed by atoms with Gasteiger partial charge in [0.2, 0.25) is 15.9 Å². The molecule has 0 bridgehead atoms. The Hall–Kier alpha value is -1.83. The zero-order chi connectivity index (χ0) is 18.4. The first kappa shape index (κ1) is 19.5. The van der Waals surface area contributed by atoms with Gasteiger partial charge in [-0.25, -0.2) is 13.1 Å². The third kappa shape index (κ3) is 5.59. The Bertz CT molecular complexity index is 847. The lowest BCUT2D eigenvalue weighted by atomic mass is 10.2. The lowest BCUT2D eigenvalue weighted by Crippen LogP contribution is -2.28. The average Bonchev–Trinajstić information content (AvgIpc) is 2.57. The van der Waals surface area contributed by atoms with Crippen LogP contribution in [-0.4, -0.2) is 27.1 Å². The molecule has 134 valence electrons. The van der Waals surface area contributed by atoms with Gasteiger partial charge in [0.25, 0.3) is 0 Å². The van der Waals surface area contributed by atoms with Crippen molar-refractivity contribution in [1.82, 2.24) is 4.72 Å². The molecule has 0 aliphatic heterocycles. The van der Waals surface area contributed by atoms with Crippen LogP contribution >= 0.6 is 11.8 Å². The lowest BCUT2D eigenvalue weighted by Gasteiger charge is -2.10. The van der Waals surface area contributed by atoms with Gasteiger partial charge in [0.15, 0.2) is 0 Å². The summed E-state index contributed by atoms with van der Waals surface area (Å²) in [4.78, 5) is 13.3. The summed E-state index contributed by atoms with van der Waals surface area (Å²) in [6.45, 7) is 3.64. The number of carbonyl (C=O) groups excluding carboxylic acids is 1. The summed E-state index contributed by atoms with van der Waals surface area (Å²) in [5.74, 6) is -0.236. The van der Waals surface area contributed by atoms with E-state index in [2.05, 4.69) is 10.0 Å². The largest absolute Gasteiger partial charge is 0.326 e. The van der Waals surface area contributed by atoms with Gasteiger partial charge in [-0.2, -0.15) is 0 Å². The van der Waals surface area contributed by atoms with Crippen LogP contribution < -0.4 is 10.0 Å². The number of sulfonamides is 1. The quantitative estimate of drug-likeness (QED) is 0.725. The van der Waals surface area contributed by atoms with Gasteiger partial charge in [0.1, 0.15) is 0 Å². The fourth-order valence-electron chi connectivity index (χ4n) is 2.27. The zero-order valence-electron chi connectivity index (χ0n) is 14.5. The minimum atomic E-state index is -3.62. The number of carbonyl (C=O) groups is 1. The molecule has 7 heteroatoms. The molecule has 0 saturated carbocycles. The number of aryl methyl sites for hydroxylation is 2. The second-order valence-electron chi connectivity index (χ2n) is 5.69. The molecule has 0 fully saturated rings. The van der Waals surface area contributed by atoms with E-state index in [1.165, 1.54) is 0 Å². The van der Waals surface area contributed by atoms with Gasteiger partial charge < -0.3 is 5.32 Å². The molecule has 0 unspecified atom stereocenters. The average molecular weight is 379 g/mol. The second-order valence-corrected chi connectivity index (χ2v) is 8.31. The molecule has 0 spiro atoms. The number of rotatable bonds is 7. The minimum Gasteiger partial charge on any atom is -0.326 e. The molecule has 2 aromatic carbocycles. The van der Waals surface area contributed by atoms with Crippen molar-refractivity contribution in [2.75, 3.05) is 18.1 Å². The van der Waals surface area contributed by atoms with E-state index in [-0.39, 0.29) is 23.8 Å². The molecule has 0 saturated heterocycles. The van der Waals surface area contributed by atoms with Crippen LogP contribution in [0.5, 0.6) is 0 Å². The highest BCUT2D eigenvalue weighted by Gasteiger charge is 2.17. The lowest BCUT2D eigenvalue weighted by molar-refractivity contribution is -0.116. The van der Waals surface area contributed by atoms with Crippen LogP contribution in [0.25, 0.3) is 0 Å². The number of benzene rings is 2. The van der Waals surface area contributed by atoms with Crippen molar-refractivity contribution in [1.29, 1.82) is 0 Å². The van der Waals surface area contributed by atoms with E-state index in [1.807, 2.05) is 43.5 Å². The van der Waals surface area contributed by atoms with Gasteiger partial charge in [-0.1, -0.05) is 12.1 Å². The molecule has 5 nitrogen and oxygen atoms in total. The van der Waals surface area contributed by atoms with Crippen LogP contribution in [0.1, 0.15) is 17.5 Å². The van der Waals surface area contributed by atoms with Crippen LogP contribution in [0.3, 0.4) is 0 Å². The standard InChI is InChI=1S/C18H22N2O3S2/c1-13-4-5-14(2)17(12-13)25(22,23)19-11-10-18(21)20-15-6-8-16(24-3)9-7-15/h4-9,12,19H,10-11H2,1-3H3,(H,20,21). The van der Waals surface area contributed by atoms with Crippen LogP contribution in [0, 0.1) is 13.8 Å². The van der Waals surface area contributed by atoms with Gasteiger partial charge in [-0.3, -0.25) is 4.79 Å². The smallest absolute Gasteiger partial charge is 0.240 e. The van der Waals surface area contributed by atoms with Crippen molar-refractivity contribution in [3.05, 3.63) is 53.6 Å². The fraction of sp³-hybridized carbons (Fsp3) is 0.278. The van der Waals surface area contributed by atoms with Crippen molar-refractivity contribution >= 4 is 33.4 Å². The third-order valence-electron chi connectivity index (χ3n) is 3.65. The Morgan fingerprint density at radius 3 is 2.40 bits per heavy atom. The predicted octanol–water partition coefficient (Wildman–Crippen LogP) is 3.33.